The maximum Gasteiger partial charge on any atom is 0.0866 e. The molecule has 0 saturated heterocycles. The monoisotopic (exact) mass is 371 g/mol. The van der Waals surface area contributed by atoms with Gasteiger partial charge in [-0.1, -0.05) is 97.1 Å². The van der Waals surface area contributed by atoms with E-state index in [1.807, 2.05) is 0 Å². The summed E-state index contributed by atoms with van der Waals surface area (Å²) in [7, 11) is 4.15. The third kappa shape index (κ3) is 6.19. The predicted molar refractivity (Wildman–Crippen MR) is 119 cm³/mol. The van der Waals surface area contributed by atoms with Gasteiger partial charge in [0.15, 0.2) is 0 Å². The van der Waals surface area contributed by atoms with Gasteiger partial charge >= 0.3 is 0 Å². The second-order valence-electron chi connectivity index (χ2n) is 7.22. The van der Waals surface area contributed by atoms with Crippen LogP contribution < -0.4 is 0 Å². The summed E-state index contributed by atoms with van der Waals surface area (Å²) in [5.41, 5.74) is 4.95. The zero-order valence-corrected chi connectivity index (χ0v) is 16.8. The van der Waals surface area contributed by atoms with Gasteiger partial charge in [-0.05, 0) is 36.4 Å². The summed E-state index contributed by atoms with van der Waals surface area (Å²) in [4.78, 5) is 2.15. The summed E-state index contributed by atoms with van der Waals surface area (Å²) in [5.74, 6) is 0. The molecule has 28 heavy (non-hydrogen) atoms. The molecule has 0 spiro atoms. The van der Waals surface area contributed by atoms with E-state index in [0.29, 0.717) is 6.61 Å². The van der Waals surface area contributed by atoms with Crippen LogP contribution in [0.2, 0.25) is 0 Å². The molecule has 3 aromatic carbocycles. The lowest BCUT2D eigenvalue weighted by atomic mass is 9.94. The first-order valence-electron chi connectivity index (χ1n) is 9.84. The molecule has 2 heteroatoms. The van der Waals surface area contributed by atoms with Crippen LogP contribution in [0.3, 0.4) is 0 Å². The summed E-state index contributed by atoms with van der Waals surface area (Å²) in [6.45, 7) is 1.62. The Balaban J connectivity index is 1.89. The molecule has 144 valence electrons. The highest BCUT2D eigenvalue weighted by Crippen LogP contribution is 2.31. The molecule has 1 unspecified atom stereocenters. The summed E-state index contributed by atoms with van der Waals surface area (Å²) >= 11 is 0. The number of nitrogens with zero attached hydrogens (tertiary/aromatic N) is 1. The normalized spacial score (nSPS) is 12.9. The molecule has 0 amide bonds. The van der Waals surface area contributed by atoms with E-state index in [1.54, 1.807) is 0 Å². The van der Waals surface area contributed by atoms with Crippen molar-refractivity contribution in [2.24, 2.45) is 0 Å². The molecule has 3 aromatic rings. The Bertz CT molecular complexity index is 841. The summed E-state index contributed by atoms with van der Waals surface area (Å²) < 4.78 is 6.35. The van der Waals surface area contributed by atoms with Crippen LogP contribution in [0.4, 0.5) is 0 Å². The molecule has 0 saturated carbocycles. The lowest BCUT2D eigenvalue weighted by Gasteiger charge is -2.22. The van der Waals surface area contributed by atoms with E-state index < -0.39 is 0 Å². The molecular formula is C26H29NO. The van der Waals surface area contributed by atoms with Crippen LogP contribution in [0.1, 0.15) is 29.2 Å². The fourth-order valence-electron chi connectivity index (χ4n) is 3.18. The summed E-state index contributed by atoms with van der Waals surface area (Å²) in [6, 6.07) is 31.7. The summed E-state index contributed by atoms with van der Waals surface area (Å²) in [5, 5.41) is 0. The summed E-state index contributed by atoms with van der Waals surface area (Å²) in [6.07, 6.45) is 3.13. The fourth-order valence-corrected chi connectivity index (χ4v) is 3.18. The minimum Gasteiger partial charge on any atom is -0.372 e. The Morgan fingerprint density at radius 3 is 2.00 bits per heavy atom. The molecule has 0 bridgehead atoms. The molecule has 2 nitrogen and oxygen atoms in total. The number of likely N-dealkylation sites (N-methyl/N-ethyl adjacent to an activating group) is 1. The van der Waals surface area contributed by atoms with E-state index in [4.69, 9.17) is 4.74 Å². The third-order valence-corrected chi connectivity index (χ3v) is 4.72. The molecule has 0 aliphatic heterocycles. The average Bonchev–Trinajstić information content (AvgIpc) is 2.74. The molecule has 0 radical (unpaired) electrons. The van der Waals surface area contributed by atoms with Crippen molar-refractivity contribution in [2.75, 3.05) is 27.2 Å². The first kappa shape index (κ1) is 20.1. The van der Waals surface area contributed by atoms with Gasteiger partial charge in [0.1, 0.15) is 0 Å². The highest BCUT2D eigenvalue weighted by Gasteiger charge is 2.16. The lowest BCUT2D eigenvalue weighted by Crippen LogP contribution is -2.19. The molecule has 0 N–H and O–H groups in total. The van der Waals surface area contributed by atoms with Crippen LogP contribution in [0.15, 0.2) is 91.0 Å². The Morgan fingerprint density at radius 1 is 0.821 bits per heavy atom. The first-order chi connectivity index (χ1) is 13.7. The standard InChI is InChI=1S/C26H29NO/c1-27(2)18-19-28-26(24-16-10-5-11-17-24)21-25(23-14-8-4-9-15-23)20-22-12-6-3-7-13-22/h3-17,20,26H,18-19,21H2,1-2H3. The van der Waals surface area contributed by atoms with Crippen molar-refractivity contribution >= 4 is 11.6 Å². The second-order valence-corrected chi connectivity index (χ2v) is 7.22. The number of benzene rings is 3. The van der Waals surface area contributed by atoms with Crippen molar-refractivity contribution < 1.29 is 4.74 Å². The van der Waals surface area contributed by atoms with E-state index in [0.717, 1.165) is 13.0 Å². The van der Waals surface area contributed by atoms with Crippen molar-refractivity contribution in [1.29, 1.82) is 0 Å². The van der Waals surface area contributed by atoms with Gasteiger partial charge in [-0.25, -0.2) is 0 Å². The maximum atomic E-state index is 6.35. The molecule has 0 aliphatic rings. The SMILES string of the molecule is CN(C)CCOC(CC(=Cc1ccccc1)c1ccccc1)c1ccccc1. The highest BCUT2D eigenvalue weighted by atomic mass is 16.5. The van der Waals surface area contributed by atoms with Crippen LogP contribution in [0, 0.1) is 0 Å². The van der Waals surface area contributed by atoms with Crippen molar-refractivity contribution in [3.63, 3.8) is 0 Å². The minimum atomic E-state index is 0.0244. The van der Waals surface area contributed by atoms with E-state index >= 15 is 0 Å². The van der Waals surface area contributed by atoms with E-state index in [1.165, 1.54) is 22.3 Å². The quantitative estimate of drug-likeness (QED) is 0.432. The van der Waals surface area contributed by atoms with Gasteiger partial charge in [-0.15, -0.1) is 0 Å². The van der Waals surface area contributed by atoms with Crippen molar-refractivity contribution in [1.82, 2.24) is 4.90 Å². The van der Waals surface area contributed by atoms with Crippen molar-refractivity contribution in [3.05, 3.63) is 108 Å². The van der Waals surface area contributed by atoms with Gasteiger partial charge in [0.2, 0.25) is 0 Å². The Morgan fingerprint density at radius 2 is 1.39 bits per heavy atom. The molecular weight excluding hydrogens is 342 g/mol. The molecule has 3 rings (SSSR count). The lowest BCUT2D eigenvalue weighted by molar-refractivity contribution is 0.0468. The van der Waals surface area contributed by atoms with Crippen molar-refractivity contribution in [3.8, 4) is 0 Å². The largest absolute Gasteiger partial charge is 0.372 e. The second kappa shape index (κ2) is 10.6. The Labute approximate surface area is 169 Å². The predicted octanol–water partition coefficient (Wildman–Crippen LogP) is 5.94. The van der Waals surface area contributed by atoms with Gasteiger partial charge in [0.05, 0.1) is 12.7 Å². The number of hydrogen-bond acceptors (Lipinski definition) is 2. The van der Waals surface area contributed by atoms with Crippen LogP contribution >= 0.6 is 0 Å². The van der Waals surface area contributed by atoms with Gasteiger partial charge in [0, 0.05) is 13.0 Å². The third-order valence-electron chi connectivity index (χ3n) is 4.72. The Hall–Kier alpha value is -2.68. The molecule has 0 aliphatic carbocycles. The minimum absolute atomic E-state index is 0.0244. The van der Waals surface area contributed by atoms with E-state index in [9.17, 15) is 0 Å². The van der Waals surface area contributed by atoms with Gasteiger partial charge in [-0.2, -0.15) is 0 Å². The Kier molecular flexibility index (Phi) is 7.60. The zero-order chi connectivity index (χ0) is 19.6. The number of rotatable bonds is 9. The van der Waals surface area contributed by atoms with Gasteiger partial charge in [0.25, 0.3) is 0 Å². The molecule has 0 heterocycles. The van der Waals surface area contributed by atoms with Crippen LogP contribution in [0.25, 0.3) is 11.6 Å². The number of hydrogen-bond donors (Lipinski definition) is 0. The van der Waals surface area contributed by atoms with Gasteiger partial charge < -0.3 is 9.64 Å². The number of ether oxygens (including phenoxy) is 1. The first-order valence-corrected chi connectivity index (χ1v) is 9.84. The van der Waals surface area contributed by atoms with E-state index in [-0.39, 0.29) is 6.10 Å². The molecule has 0 aromatic heterocycles. The smallest absolute Gasteiger partial charge is 0.0866 e. The average molecular weight is 372 g/mol. The molecule has 0 fully saturated rings. The highest BCUT2D eigenvalue weighted by molar-refractivity contribution is 5.81. The molecule has 1 atom stereocenters. The zero-order valence-electron chi connectivity index (χ0n) is 16.8. The van der Waals surface area contributed by atoms with Crippen LogP contribution in [0.5, 0.6) is 0 Å². The fraction of sp³-hybridized carbons (Fsp3) is 0.231. The van der Waals surface area contributed by atoms with Crippen LogP contribution in [-0.2, 0) is 4.74 Å². The van der Waals surface area contributed by atoms with E-state index in [2.05, 4.69) is 116 Å². The van der Waals surface area contributed by atoms with Gasteiger partial charge in [-0.3, -0.25) is 0 Å². The maximum absolute atomic E-state index is 6.35. The topological polar surface area (TPSA) is 12.5 Å². The van der Waals surface area contributed by atoms with Crippen LogP contribution in [-0.4, -0.2) is 32.1 Å². The van der Waals surface area contributed by atoms with Crippen molar-refractivity contribution in [2.45, 2.75) is 12.5 Å².